The Morgan fingerprint density at radius 2 is 0.549 bits per heavy atom. The van der Waals surface area contributed by atoms with Gasteiger partial charge in [-0.05, 0) is 184 Å². The molecule has 0 saturated heterocycles. The smallest absolute Gasteiger partial charge is 0.160 e. The van der Waals surface area contributed by atoms with Gasteiger partial charge in [0.15, 0.2) is 5.82 Å². The molecule has 3 aliphatic rings. The van der Waals surface area contributed by atoms with Crippen LogP contribution in [-0.4, -0.2) is 48.2 Å². The van der Waals surface area contributed by atoms with Gasteiger partial charge < -0.3 is 4.57 Å². The van der Waals surface area contributed by atoms with E-state index in [-0.39, 0.29) is 0 Å². The van der Waals surface area contributed by atoms with Crippen LogP contribution in [0.1, 0.15) is 111 Å². The predicted molar refractivity (Wildman–Crippen MR) is 502 cm³/mol. The topological polar surface area (TPSA) is 97.1 Å². The SMILES string of the molecule is c1ccc(-c2cc(-c3ccc(-n4c5c(c6ccccc64)CCCCCC5)nc3)cc(-c3ccccc3)n2)cc1.c1ccc(-c2cc(-c3ccc(-n4c5c(c6ccccc64)CCCCCC5)nc3)nc(-c3ccccc3)n2)cc1.c1ccc(-c2nc(-c3ccccc3)n(-c3ccc(-n4c5c(c6ccccc64)CCCCCC5)cc3)c2-c2ccccc2)cc1. The van der Waals surface area contributed by atoms with Gasteiger partial charge in [0.2, 0.25) is 0 Å². The van der Waals surface area contributed by atoms with Crippen LogP contribution >= 0.6 is 0 Å². The van der Waals surface area contributed by atoms with Crippen LogP contribution in [0.15, 0.2) is 364 Å². The Bertz CT molecular complexity index is 6440. The van der Waals surface area contributed by atoms with Gasteiger partial charge in [0.1, 0.15) is 17.5 Å². The van der Waals surface area contributed by atoms with Crippen molar-refractivity contribution >= 4 is 32.7 Å². The van der Waals surface area contributed by atoms with E-state index in [1.54, 1.807) is 5.56 Å². The fraction of sp³-hybridized carbons (Fsp3) is 0.161. The third kappa shape index (κ3) is 15.7. The van der Waals surface area contributed by atoms with E-state index < -0.39 is 0 Å². The number of benzene rings is 11. The fourth-order valence-corrected chi connectivity index (χ4v) is 18.9. The van der Waals surface area contributed by atoms with Crippen LogP contribution < -0.4 is 0 Å². The molecule has 10 nitrogen and oxygen atoms in total. The quantitative estimate of drug-likeness (QED) is 0.114. The molecule has 0 fully saturated rings. The molecule has 11 aromatic carbocycles. The van der Waals surface area contributed by atoms with Gasteiger partial charge in [-0.1, -0.05) is 305 Å². The normalized spacial score (nSPS) is 13.5. The highest BCUT2D eigenvalue weighted by Crippen LogP contribution is 2.43. The number of rotatable bonds is 13. The van der Waals surface area contributed by atoms with E-state index in [0.29, 0.717) is 5.82 Å². The lowest BCUT2D eigenvalue weighted by molar-refractivity contribution is 0.608. The Morgan fingerprint density at radius 3 is 0.975 bits per heavy atom. The van der Waals surface area contributed by atoms with E-state index in [1.165, 1.54) is 150 Å². The van der Waals surface area contributed by atoms with E-state index in [9.17, 15) is 0 Å². The molecule has 0 spiro atoms. The molecule has 594 valence electrons. The molecule has 10 heteroatoms. The number of imidazole rings is 1. The van der Waals surface area contributed by atoms with Gasteiger partial charge in [-0.3, -0.25) is 13.7 Å². The molecule has 3 aliphatic carbocycles. The number of pyridine rings is 3. The first-order valence-corrected chi connectivity index (χ1v) is 43.9. The largest absolute Gasteiger partial charge is 0.313 e. The van der Waals surface area contributed by atoms with Crippen LogP contribution in [0.25, 0.3) is 157 Å². The van der Waals surface area contributed by atoms with Crippen molar-refractivity contribution in [2.75, 3.05) is 0 Å². The maximum absolute atomic E-state index is 5.35. The summed E-state index contributed by atoms with van der Waals surface area (Å²) >= 11 is 0. The Balaban J connectivity index is 0.000000117. The van der Waals surface area contributed by atoms with Gasteiger partial charge in [-0.25, -0.2) is 29.9 Å². The summed E-state index contributed by atoms with van der Waals surface area (Å²) in [5.74, 6) is 3.62. The van der Waals surface area contributed by atoms with Crippen molar-refractivity contribution in [1.82, 2.24) is 48.2 Å². The molecule has 122 heavy (non-hydrogen) atoms. The number of nitrogens with zero attached hydrogens (tertiary/aromatic N) is 10. The van der Waals surface area contributed by atoms with Gasteiger partial charge in [-0.15, -0.1) is 0 Å². The molecule has 8 heterocycles. The summed E-state index contributed by atoms with van der Waals surface area (Å²) in [4.78, 5) is 30.4. The van der Waals surface area contributed by atoms with Crippen molar-refractivity contribution < 1.29 is 0 Å². The highest BCUT2D eigenvalue weighted by atomic mass is 15.1. The second-order valence-corrected chi connectivity index (χ2v) is 32.5. The van der Waals surface area contributed by atoms with Gasteiger partial charge >= 0.3 is 0 Å². The summed E-state index contributed by atoms with van der Waals surface area (Å²) in [7, 11) is 0. The van der Waals surface area contributed by atoms with Crippen molar-refractivity contribution in [2.24, 2.45) is 0 Å². The average molecular weight is 1580 g/mol. The van der Waals surface area contributed by atoms with E-state index in [1.807, 2.05) is 60.9 Å². The van der Waals surface area contributed by atoms with Crippen molar-refractivity contribution in [1.29, 1.82) is 0 Å². The van der Waals surface area contributed by atoms with Gasteiger partial charge in [0.25, 0.3) is 0 Å². The third-order valence-electron chi connectivity index (χ3n) is 24.8. The standard InChI is InChI=1S/C41H35N3.C36H31N3.C35H30N4/c1-2-13-24-37-35(22-12-1)36-23-14-15-25-38(36)43(37)33-26-28-34(29-27-33)44-40(31-18-8-4-9-19-31)39(30-16-6-3-7-17-30)42-41(44)32-20-10-5-11-21-32;1-2-10-19-34-30(17-9-1)31-18-11-12-20-35(31)39(34)36-22-21-28(25-37-36)29-23-32(26-13-5-3-6-14-26)38-33(24-29)27-15-7-4-8-16-27;1-2-10-19-32-28(17-9-1)29-18-11-12-20-33(29)39(32)34-22-21-27(24-36-34)31-23-30(25-13-5-3-6-14-25)37-35(38-31)26-15-7-4-8-16-26/h3-11,14-21,23,25-29H,1-2,12-13,22,24H2;3-8,11-16,18,20-25H,1-2,9-10,17,19H2;3-8,11-16,18,20-24H,1-2,9-10,17,19H2. The number of para-hydroxylation sites is 3. The molecule has 0 saturated carbocycles. The Morgan fingerprint density at radius 1 is 0.213 bits per heavy atom. The molecule has 0 bridgehead atoms. The first-order valence-electron chi connectivity index (χ1n) is 43.9. The number of aromatic nitrogens is 10. The minimum Gasteiger partial charge on any atom is -0.313 e. The fourth-order valence-electron chi connectivity index (χ4n) is 18.9. The number of fused-ring (bicyclic) bond motifs is 9. The van der Waals surface area contributed by atoms with Crippen LogP contribution in [0.4, 0.5) is 0 Å². The third-order valence-corrected chi connectivity index (χ3v) is 24.8. The minimum atomic E-state index is 0.716. The van der Waals surface area contributed by atoms with Crippen molar-refractivity contribution in [3.8, 4) is 124 Å². The molecule has 0 radical (unpaired) electrons. The average Bonchev–Trinajstić information content (AvgIpc) is 1.61. The second-order valence-electron chi connectivity index (χ2n) is 32.5. The molecule has 0 atom stereocenters. The summed E-state index contributed by atoms with van der Waals surface area (Å²) < 4.78 is 9.68. The van der Waals surface area contributed by atoms with E-state index >= 15 is 0 Å². The Kier molecular flexibility index (Phi) is 22.2. The highest BCUT2D eigenvalue weighted by Gasteiger charge is 2.27. The van der Waals surface area contributed by atoms with Crippen LogP contribution in [0.3, 0.4) is 0 Å². The zero-order chi connectivity index (χ0) is 81.3. The van der Waals surface area contributed by atoms with Crippen molar-refractivity contribution in [3.63, 3.8) is 0 Å². The monoisotopic (exact) mass is 1580 g/mol. The lowest BCUT2D eigenvalue weighted by Gasteiger charge is -2.17. The number of hydrogen-bond acceptors (Lipinski definition) is 6. The molecule has 0 N–H and O–H groups in total. The molecule has 19 aromatic rings. The minimum absolute atomic E-state index is 0.716. The molecular weight excluding hydrogens is 1490 g/mol. The van der Waals surface area contributed by atoms with Crippen LogP contribution in [0.5, 0.6) is 0 Å². The summed E-state index contributed by atoms with van der Waals surface area (Å²) in [5.41, 5.74) is 31.7. The lowest BCUT2D eigenvalue weighted by atomic mass is 9.96. The van der Waals surface area contributed by atoms with Gasteiger partial charge in [0.05, 0.1) is 50.7 Å². The predicted octanol–water partition coefficient (Wildman–Crippen LogP) is 28.0. The summed E-state index contributed by atoms with van der Waals surface area (Å²) in [5, 5.41) is 4.17. The Hall–Kier alpha value is -14.2. The molecule has 22 rings (SSSR count). The molecule has 8 aromatic heterocycles. The van der Waals surface area contributed by atoms with Crippen molar-refractivity contribution in [3.05, 3.63) is 398 Å². The van der Waals surface area contributed by atoms with Crippen LogP contribution in [0, 0.1) is 0 Å². The molecule has 0 unspecified atom stereocenters. The number of aryl methyl sites for hydroxylation is 3. The molecular formula is C112H96N10. The van der Waals surface area contributed by atoms with Crippen LogP contribution in [0.2, 0.25) is 0 Å². The first-order chi connectivity index (χ1) is 60.6. The molecule has 0 aliphatic heterocycles. The van der Waals surface area contributed by atoms with E-state index in [4.69, 9.17) is 29.9 Å². The zero-order valence-electron chi connectivity index (χ0n) is 68.8. The van der Waals surface area contributed by atoms with E-state index in [0.717, 1.165) is 145 Å². The number of hydrogen-bond donors (Lipinski definition) is 0. The first kappa shape index (κ1) is 76.5. The van der Waals surface area contributed by atoms with Crippen LogP contribution in [-0.2, 0) is 38.5 Å². The van der Waals surface area contributed by atoms with Gasteiger partial charge in [-0.2, -0.15) is 0 Å². The summed E-state index contributed by atoms with van der Waals surface area (Å²) in [6.07, 6.45) is 26.2. The lowest BCUT2D eigenvalue weighted by Crippen LogP contribution is -2.06. The maximum Gasteiger partial charge on any atom is 0.160 e. The van der Waals surface area contributed by atoms with Gasteiger partial charge in [0, 0.05) is 107 Å². The van der Waals surface area contributed by atoms with Crippen molar-refractivity contribution in [2.45, 2.75) is 116 Å². The zero-order valence-corrected chi connectivity index (χ0v) is 68.8. The maximum atomic E-state index is 5.35. The van der Waals surface area contributed by atoms with E-state index in [2.05, 4.69) is 322 Å². The summed E-state index contributed by atoms with van der Waals surface area (Å²) in [6.45, 7) is 0. The summed E-state index contributed by atoms with van der Waals surface area (Å²) in [6, 6.07) is 124. The highest BCUT2D eigenvalue weighted by molar-refractivity contribution is 5.91. The molecule has 0 amide bonds. The second kappa shape index (κ2) is 35.4. The Labute approximate surface area is 714 Å².